The second-order valence-corrected chi connectivity index (χ2v) is 4.49. The van der Waals surface area contributed by atoms with Crippen LogP contribution in [0.15, 0.2) is 18.2 Å². The first kappa shape index (κ1) is 17.6. The van der Waals surface area contributed by atoms with E-state index in [1.807, 2.05) is 25.1 Å². The summed E-state index contributed by atoms with van der Waals surface area (Å²) in [7, 11) is 1.58. The number of carboxylic acids is 1. The summed E-state index contributed by atoms with van der Waals surface area (Å²) in [5.41, 5.74) is 1.01. The van der Waals surface area contributed by atoms with Crippen molar-refractivity contribution in [3.63, 3.8) is 0 Å². The van der Waals surface area contributed by atoms with Crippen LogP contribution in [-0.2, 0) is 11.2 Å². The van der Waals surface area contributed by atoms with Gasteiger partial charge in [-0.2, -0.15) is 0 Å². The highest BCUT2D eigenvalue weighted by atomic mass is 16.5. The zero-order valence-corrected chi connectivity index (χ0v) is 12.8. The average molecular weight is 310 g/mol. The Morgan fingerprint density at radius 3 is 2.55 bits per heavy atom. The standard InChI is InChI=1S/C15H22N2O5/c1-3-22-12-5-4-11(10-13(12)21-2)6-8-16-15(20)17-9-7-14(18)19/h4-5,10H,3,6-9H2,1-2H3,(H,18,19)(H2,16,17,20). The number of hydrogen-bond donors (Lipinski definition) is 3. The predicted octanol–water partition coefficient (Wildman–Crippen LogP) is 1.41. The van der Waals surface area contributed by atoms with Gasteiger partial charge in [0.05, 0.1) is 20.1 Å². The van der Waals surface area contributed by atoms with Crippen molar-refractivity contribution in [1.82, 2.24) is 10.6 Å². The Balaban J connectivity index is 2.38. The van der Waals surface area contributed by atoms with E-state index in [0.717, 1.165) is 5.56 Å². The zero-order valence-electron chi connectivity index (χ0n) is 12.8. The van der Waals surface area contributed by atoms with Gasteiger partial charge < -0.3 is 25.2 Å². The van der Waals surface area contributed by atoms with Crippen LogP contribution in [-0.4, -0.2) is 43.9 Å². The van der Waals surface area contributed by atoms with E-state index in [1.165, 1.54) is 0 Å². The maximum absolute atomic E-state index is 11.4. The third-order valence-corrected chi connectivity index (χ3v) is 2.85. The molecule has 1 aromatic rings. The molecule has 1 rings (SSSR count). The Kier molecular flexibility index (Phi) is 7.60. The minimum absolute atomic E-state index is 0.0937. The number of amides is 2. The second kappa shape index (κ2) is 9.49. The lowest BCUT2D eigenvalue weighted by molar-refractivity contribution is -0.136. The number of aliphatic carboxylic acids is 1. The van der Waals surface area contributed by atoms with E-state index in [4.69, 9.17) is 14.6 Å². The molecule has 122 valence electrons. The molecule has 3 N–H and O–H groups in total. The van der Waals surface area contributed by atoms with Crippen LogP contribution in [0.2, 0.25) is 0 Å². The van der Waals surface area contributed by atoms with Gasteiger partial charge in [0.25, 0.3) is 0 Å². The lowest BCUT2D eigenvalue weighted by Crippen LogP contribution is -2.37. The molecular formula is C15H22N2O5. The molecular weight excluding hydrogens is 288 g/mol. The van der Waals surface area contributed by atoms with Gasteiger partial charge in [0, 0.05) is 13.1 Å². The fourth-order valence-corrected chi connectivity index (χ4v) is 1.81. The molecule has 22 heavy (non-hydrogen) atoms. The number of carboxylic acid groups (broad SMARTS) is 1. The Morgan fingerprint density at radius 2 is 1.91 bits per heavy atom. The summed E-state index contributed by atoms with van der Waals surface area (Å²) in [6.07, 6.45) is 0.540. The molecule has 0 aliphatic carbocycles. The average Bonchev–Trinajstić information content (AvgIpc) is 2.48. The van der Waals surface area contributed by atoms with E-state index in [2.05, 4.69) is 10.6 Å². The Labute approximate surface area is 129 Å². The first-order chi connectivity index (χ1) is 10.6. The zero-order chi connectivity index (χ0) is 16.4. The van der Waals surface area contributed by atoms with E-state index in [9.17, 15) is 9.59 Å². The van der Waals surface area contributed by atoms with Crippen LogP contribution in [0.1, 0.15) is 18.9 Å². The monoisotopic (exact) mass is 310 g/mol. The van der Waals surface area contributed by atoms with Gasteiger partial charge >= 0.3 is 12.0 Å². The quantitative estimate of drug-likeness (QED) is 0.641. The van der Waals surface area contributed by atoms with E-state index in [0.29, 0.717) is 31.1 Å². The molecule has 0 unspecified atom stereocenters. The SMILES string of the molecule is CCOc1ccc(CCNC(=O)NCCC(=O)O)cc1OC. The van der Waals surface area contributed by atoms with Gasteiger partial charge in [-0.3, -0.25) is 4.79 Å². The minimum atomic E-state index is -0.943. The van der Waals surface area contributed by atoms with Gasteiger partial charge in [0.15, 0.2) is 11.5 Å². The van der Waals surface area contributed by atoms with Crippen LogP contribution in [0.4, 0.5) is 4.79 Å². The summed E-state index contributed by atoms with van der Waals surface area (Å²) < 4.78 is 10.7. The maximum atomic E-state index is 11.4. The van der Waals surface area contributed by atoms with Gasteiger partial charge in [0.2, 0.25) is 0 Å². The molecule has 0 atom stereocenters. The van der Waals surface area contributed by atoms with Crippen molar-refractivity contribution < 1.29 is 24.2 Å². The Bertz CT molecular complexity index is 505. The van der Waals surface area contributed by atoms with Crippen molar-refractivity contribution in [2.75, 3.05) is 26.8 Å². The highest BCUT2D eigenvalue weighted by Gasteiger charge is 2.06. The Morgan fingerprint density at radius 1 is 1.18 bits per heavy atom. The fraction of sp³-hybridized carbons (Fsp3) is 0.467. The van der Waals surface area contributed by atoms with Crippen LogP contribution in [0, 0.1) is 0 Å². The fourth-order valence-electron chi connectivity index (χ4n) is 1.81. The van der Waals surface area contributed by atoms with Gasteiger partial charge in [-0.05, 0) is 31.0 Å². The molecule has 7 nitrogen and oxygen atoms in total. The topological polar surface area (TPSA) is 96.9 Å². The highest BCUT2D eigenvalue weighted by molar-refractivity contribution is 5.74. The lowest BCUT2D eigenvalue weighted by atomic mass is 10.1. The highest BCUT2D eigenvalue weighted by Crippen LogP contribution is 2.28. The van der Waals surface area contributed by atoms with E-state index in [1.54, 1.807) is 7.11 Å². The van der Waals surface area contributed by atoms with Crippen molar-refractivity contribution in [2.24, 2.45) is 0 Å². The van der Waals surface area contributed by atoms with Crippen molar-refractivity contribution in [3.8, 4) is 11.5 Å². The molecule has 0 fully saturated rings. The van der Waals surface area contributed by atoms with Gasteiger partial charge in [-0.25, -0.2) is 4.79 Å². The number of urea groups is 1. The molecule has 0 heterocycles. The first-order valence-corrected chi connectivity index (χ1v) is 7.10. The van der Waals surface area contributed by atoms with Gasteiger partial charge in [-0.1, -0.05) is 6.07 Å². The van der Waals surface area contributed by atoms with Crippen LogP contribution in [0.5, 0.6) is 11.5 Å². The number of carbonyl (C=O) groups is 2. The molecule has 1 aromatic carbocycles. The largest absolute Gasteiger partial charge is 0.493 e. The lowest BCUT2D eigenvalue weighted by Gasteiger charge is -2.11. The van der Waals surface area contributed by atoms with E-state index >= 15 is 0 Å². The molecule has 0 bridgehead atoms. The second-order valence-electron chi connectivity index (χ2n) is 4.49. The molecule has 0 saturated heterocycles. The minimum Gasteiger partial charge on any atom is -0.493 e. The number of ether oxygens (including phenoxy) is 2. The predicted molar refractivity (Wildman–Crippen MR) is 81.5 cm³/mol. The normalized spacial score (nSPS) is 9.91. The summed E-state index contributed by atoms with van der Waals surface area (Å²) >= 11 is 0. The molecule has 7 heteroatoms. The van der Waals surface area contributed by atoms with Crippen molar-refractivity contribution in [3.05, 3.63) is 23.8 Å². The first-order valence-electron chi connectivity index (χ1n) is 7.10. The van der Waals surface area contributed by atoms with Crippen LogP contribution >= 0.6 is 0 Å². The van der Waals surface area contributed by atoms with Crippen molar-refractivity contribution in [2.45, 2.75) is 19.8 Å². The summed E-state index contributed by atoms with van der Waals surface area (Å²) in [5.74, 6) is 0.403. The third-order valence-electron chi connectivity index (χ3n) is 2.85. The number of methoxy groups -OCH3 is 1. The number of carbonyl (C=O) groups excluding carboxylic acids is 1. The number of hydrogen-bond acceptors (Lipinski definition) is 4. The molecule has 0 spiro atoms. The number of nitrogens with one attached hydrogen (secondary N) is 2. The van der Waals surface area contributed by atoms with Crippen LogP contribution in [0.25, 0.3) is 0 Å². The molecule has 0 aromatic heterocycles. The molecule has 2 amide bonds. The molecule has 0 aliphatic heterocycles. The number of benzene rings is 1. The molecule has 0 radical (unpaired) electrons. The third kappa shape index (κ3) is 6.34. The van der Waals surface area contributed by atoms with Crippen LogP contribution < -0.4 is 20.1 Å². The summed E-state index contributed by atoms with van der Waals surface area (Å²) in [5, 5.41) is 13.6. The summed E-state index contributed by atoms with van der Waals surface area (Å²) in [6.45, 7) is 3.02. The van der Waals surface area contributed by atoms with E-state index in [-0.39, 0.29) is 19.0 Å². The van der Waals surface area contributed by atoms with Gasteiger partial charge in [0.1, 0.15) is 0 Å². The van der Waals surface area contributed by atoms with Crippen LogP contribution in [0.3, 0.4) is 0 Å². The smallest absolute Gasteiger partial charge is 0.314 e. The summed E-state index contributed by atoms with van der Waals surface area (Å²) in [4.78, 5) is 21.7. The number of rotatable bonds is 9. The maximum Gasteiger partial charge on any atom is 0.314 e. The van der Waals surface area contributed by atoms with Crippen molar-refractivity contribution >= 4 is 12.0 Å². The molecule has 0 aliphatic rings. The van der Waals surface area contributed by atoms with E-state index < -0.39 is 5.97 Å². The Hall–Kier alpha value is -2.44. The molecule has 0 saturated carbocycles. The van der Waals surface area contributed by atoms with Crippen molar-refractivity contribution in [1.29, 1.82) is 0 Å². The van der Waals surface area contributed by atoms with Gasteiger partial charge in [-0.15, -0.1) is 0 Å². The summed E-state index contributed by atoms with van der Waals surface area (Å²) in [6, 6.07) is 5.25.